The van der Waals surface area contributed by atoms with Crippen molar-refractivity contribution in [3.05, 3.63) is 50.5 Å². The highest BCUT2D eigenvalue weighted by molar-refractivity contribution is 7.09. The fourth-order valence-electron chi connectivity index (χ4n) is 1.90. The molecule has 0 aliphatic heterocycles. The predicted molar refractivity (Wildman–Crippen MR) is 78.8 cm³/mol. The van der Waals surface area contributed by atoms with Crippen molar-refractivity contribution in [2.45, 2.75) is 19.4 Å². The Morgan fingerprint density at radius 1 is 1.48 bits per heavy atom. The fourth-order valence-corrected chi connectivity index (χ4v) is 2.62. The number of aromatic carboxylic acids is 1. The van der Waals surface area contributed by atoms with Crippen LogP contribution in [0.5, 0.6) is 0 Å². The highest BCUT2D eigenvalue weighted by Gasteiger charge is 2.29. The molecular weight excluding hydrogens is 294 g/mol. The summed E-state index contributed by atoms with van der Waals surface area (Å²) in [5.41, 5.74) is -1.17. The van der Waals surface area contributed by atoms with Crippen LogP contribution in [0.2, 0.25) is 0 Å². The van der Waals surface area contributed by atoms with Crippen molar-refractivity contribution in [3.63, 3.8) is 0 Å². The monoisotopic (exact) mass is 307 g/mol. The third kappa shape index (κ3) is 3.00. The Hall–Kier alpha value is -2.48. The molecule has 0 atom stereocenters. The van der Waals surface area contributed by atoms with Crippen molar-refractivity contribution in [3.8, 4) is 0 Å². The van der Waals surface area contributed by atoms with Crippen molar-refractivity contribution >= 4 is 28.7 Å². The number of aromatic nitrogens is 1. The van der Waals surface area contributed by atoms with Gasteiger partial charge in [-0.25, -0.2) is 9.78 Å². The van der Waals surface area contributed by atoms with E-state index in [0.717, 1.165) is 0 Å². The van der Waals surface area contributed by atoms with Gasteiger partial charge in [0.2, 0.25) is 0 Å². The molecule has 2 N–H and O–H groups in total. The van der Waals surface area contributed by atoms with Crippen molar-refractivity contribution in [1.29, 1.82) is 0 Å². The van der Waals surface area contributed by atoms with Crippen LogP contribution in [-0.4, -0.2) is 21.0 Å². The Morgan fingerprint density at radius 3 is 2.71 bits per heavy atom. The summed E-state index contributed by atoms with van der Waals surface area (Å²) in [4.78, 5) is 26.0. The van der Waals surface area contributed by atoms with Gasteiger partial charge in [0.1, 0.15) is 10.7 Å². The van der Waals surface area contributed by atoms with E-state index < -0.39 is 16.4 Å². The average molecular weight is 307 g/mol. The number of nitro benzene ring substituents is 1. The number of para-hydroxylation sites is 1. The number of carboxylic acid groups (broad SMARTS) is 1. The molecule has 0 radical (unpaired) electrons. The molecule has 0 unspecified atom stereocenters. The maximum atomic E-state index is 11.3. The van der Waals surface area contributed by atoms with Crippen molar-refractivity contribution in [1.82, 2.24) is 4.98 Å². The zero-order valence-electron chi connectivity index (χ0n) is 11.4. The number of nitrogens with zero attached hydrogens (tertiary/aromatic N) is 2. The zero-order valence-corrected chi connectivity index (χ0v) is 12.2. The number of nitrogens with one attached hydrogen (secondary N) is 1. The van der Waals surface area contributed by atoms with Crippen LogP contribution in [0.1, 0.15) is 29.2 Å². The molecule has 0 saturated heterocycles. The van der Waals surface area contributed by atoms with E-state index in [1.807, 2.05) is 0 Å². The van der Waals surface area contributed by atoms with Crippen LogP contribution >= 0.6 is 11.3 Å². The molecule has 8 heteroatoms. The lowest BCUT2D eigenvalue weighted by atomic mass is 10.0. The number of anilines is 1. The Labute approximate surface area is 124 Å². The van der Waals surface area contributed by atoms with Gasteiger partial charge in [0.25, 0.3) is 5.69 Å². The van der Waals surface area contributed by atoms with Crippen LogP contribution in [0.25, 0.3) is 0 Å². The number of carbonyl (C=O) groups is 1. The lowest BCUT2D eigenvalue weighted by molar-refractivity contribution is -0.384. The van der Waals surface area contributed by atoms with Crippen molar-refractivity contribution < 1.29 is 14.8 Å². The van der Waals surface area contributed by atoms with Gasteiger partial charge in [-0.2, -0.15) is 0 Å². The van der Waals surface area contributed by atoms with E-state index in [-0.39, 0.29) is 16.9 Å². The second-order valence-corrected chi connectivity index (χ2v) is 5.74. The lowest BCUT2D eigenvalue weighted by Gasteiger charge is -2.25. The Morgan fingerprint density at radius 2 is 2.19 bits per heavy atom. The van der Waals surface area contributed by atoms with Crippen LogP contribution in [0.4, 0.5) is 11.4 Å². The van der Waals surface area contributed by atoms with Gasteiger partial charge in [0.05, 0.1) is 16.0 Å². The smallest absolute Gasteiger partial charge is 0.338 e. The van der Waals surface area contributed by atoms with Gasteiger partial charge in [-0.1, -0.05) is 6.07 Å². The van der Waals surface area contributed by atoms with Crippen LogP contribution in [-0.2, 0) is 5.54 Å². The lowest BCUT2D eigenvalue weighted by Crippen LogP contribution is -2.29. The molecule has 0 aliphatic carbocycles. The van der Waals surface area contributed by atoms with E-state index in [1.54, 1.807) is 25.4 Å². The highest BCUT2D eigenvalue weighted by atomic mass is 32.1. The molecular formula is C13H13N3O4S. The number of rotatable bonds is 5. The fraction of sp³-hybridized carbons (Fsp3) is 0.231. The third-order valence-electron chi connectivity index (χ3n) is 2.87. The molecule has 0 bridgehead atoms. The largest absolute Gasteiger partial charge is 0.478 e. The van der Waals surface area contributed by atoms with Crippen LogP contribution < -0.4 is 5.32 Å². The summed E-state index contributed by atoms with van der Waals surface area (Å²) in [6, 6.07) is 3.95. The topological polar surface area (TPSA) is 105 Å². The summed E-state index contributed by atoms with van der Waals surface area (Å²) in [5.74, 6) is -1.23. The SMILES string of the molecule is CC(C)(Nc1c(C(=O)O)cccc1[N+](=O)[O-])c1nccs1. The summed E-state index contributed by atoms with van der Waals surface area (Å²) < 4.78 is 0. The molecule has 1 aromatic heterocycles. The van der Waals surface area contributed by atoms with Crippen molar-refractivity contribution in [2.24, 2.45) is 0 Å². The first-order chi connectivity index (χ1) is 9.83. The summed E-state index contributed by atoms with van der Waals surface area (Å²) in [5, 5.41) is 25.8. The summed E-state index contributed by atoms with van der Waals surface area (Å²) in [6.45, 7) is 3.57. The molecule has 0 fully saturated rings. The molecule has 21 heavy (non-hydrogen) atoms. The number of hydrogen-bond acceptors (Lipinski definition) is 6. The number of thiazole rings is 1. The zero-order chi connectivity index (χ0) is 15.6. The van der Waals surface area contributed by atoms with Gasteiger partial charge >= 0.3 is 5.97 Å². The van der Waals surface area contributed by atoms with E-state index in [2.05, 4.69) is 10.3 Å². The molecule has 2 aromatic rings. The first-order valence-corrected chi connectivity index (χ1v) is 6.90. The van der Waals surface area contributed by atoms with Gasteiger partial charge in [-0.05, 0) is 19.9 Å². The van der Waals surface area contributed by atoms with Gasteiger partial charge in [-0.3, -0.25) is 10.1 Å². The second-order valence-electron chi connectivity index (χ2n) is 4.85. The van der Waals surface area contributed by atoms with Gasteiger partial charge in [-0.15, -0.1) is 11.3 Å². The number of benzene rings is 1. The van der Waals surface area contributed by atoms with Crippen LogP contribution in [0, 0.1) is 10.1 Å². The molecule has 7 nitrogen and oxygen atoms in total. The minimum absolute atomic E-state index is 0.0183. The van der Waals surface area contributed by atoms with Crippen LogP contribution in [0.15, 0.2) is 29.8 Å². The standard InChI is InChI=1S/C13H13N3O4S/c1-13(2,12-14-6-7-21-12)15-10-8(11(17)18)4-3-5-9(10)16(19)20/h3-7,15H,1-2H3,(H,17,18). The van der Waals surface area contributed by atoms with E-state index in [1.165, 1.54) is 29.5 Å². The second kappa shape index (κ2) is 5.49. The maximum absolute atomic E-state index is 11.3. The van der Waals surface area contributed by atoms with E-state index >= 15 is 0 Å². The Bertz CT molecular complexity index is 650. The van der Waals surface area contributed by atoms with Gasteiger partial charge < -0.3 is 10.4 Å². The van der Waals surface area contributed by atoms with E-state index in [0.29, 0.717) is 5.01 Å². The number of carboxylic acids is 1. The molecule has 1 heterocycles. The maximum Gasteiger partial charge on any atom is 0.338 e. The Balaban J connectivity index is 2.52. The van der Waals surface area contributed by atoms with E-state index in [9.17, 15) is 20.0 Å². The molecule has 0 amide bonds. The van der Waals surface area contributed by atoms with Crippen LogP contribution in [0.3, 0.4) is 0 Å². The Kier molecular flexibility index (Phi) is 3.90. The highest BCUT2D eigenvalue weighted by Crippen LogP contribution is 2.34. The third-order valence-corrected chi connectivity index (χ3v) is 3.97. The summed E-state index contributed by atoms with van der Waals surface area (Å²) >= 11 is 1.39. The predicted octanol–water partition coefficient (Wildman–Crippen LogP) is 3.10. The molecule has 0 aliphatic rings. The number of nitro groups is 1. The molecule has 1 aromatic carbocycles. The molecule has 110 valence electrons. The molecule has 2 rings (SSSR count). The minimum atomic E-state index is -1.23. The number of hydrogen-bond donors (Lipinski definition) is 2. The van der Waals surface area contributed by atoms with Gasteiger partial charge in [0.15, 0.2) is 0 Å². The molecule has 0 saturated carbocycles. The average Bonchev–Trinajstić information content (AvgIpc) is 2.92. The minimum Gasteiger partial charge on any atom is -0.478 e. The quantitative estimate of drug-likeness (QED) is 0.649. The first kappa shape index (κ1) is 14.9. The van der Waals surface area contributed by atoms with Gasteiger partial charge in [0, 0.05) is 17.6 Å². The first-order valence-electron chi connectivity index (χ1n) is 6.02. The summed E-state index contributed by atoms with van der Waals surface area (Å²) in [7, 11) is 0. The van der Waals surface area contributed by atoms with E-state index in [4.69, 9.17) is 0 Å². The normalized spacial score (nSPS) is 11.1. The van der Waals surface area contributed by atoms with Crippen molar-refractivity contribution in [2.75, 3.05) is 5.32 Å². The summed E-state index contributed by atoms with van der Waals surface area (Å²) in [6.07, 6.45) is 1.63. The molecule has 0 spiro atoms.